The molecular weight excluding hydrogens is 656 g/mol. The molecule has 1 aliphatic carbocycles. The number of allylic oxidation sites excluding steroid dienone is 2. The van der Waals surface area contributed by atoms with Gasteiger partial charge in [-0.1, -0.05) is 96.3 Å². The quantitative estimate of drug-likeness (QED) is 0.0769. The predicted octanol–water partition coefficient (Wildman–Crippen LogP) is 6.36. The number of carboxylic acids is 1. The van der Waals surface area contributed by atoms with Crippen LogP contribution in [0.4, 0.5) is 0 Å². The van der Waals surface area contributed by atoms with Crippen molar-refractivity contribution in [2.75, 3.05) is 26.4 Å². The number of carbonyl (C=O) groups is 4. The zero-order chi connectivity index (χ0) is 38.3. The van der Waals surface area contributed by atoms with Crippen LogP contribution in [-0.2, 0) is 46.2 Å². The number of rotatable bonds is 18. The van der Waals surface area contributed by atoms with Crippen LogP contribution in [0.2, 0.25) is 0 Å². The second kappa shape index (κ2) is 24.3. The van der Waals surface area contributed by atoms with Gasteiger partial charge in [0.05, 0.1) is 11.8 Å². The fraction of sp³-hybridized carbons (Fsp3) is 0.450. The lowest BCUT2D eigenvalue weighted by Gasteiger charge is -2.26. The molecule has 4 unspecified atom stereocenters. The first kappa shape index (κ1) is 44.1. The average Bonchev–Trinajstić information content (AvgIpc) is 3.16. The molecule has 0 aliphatic heterocycles. The van der Waals surface area contributed by atoms with Crippen molar-refractivity contribution in [3.63, 3.8) is 0 Å². The minimum absolute atomic E-state index is 0.110. The Hall–Kier alpha value is -4.90. The summed E-state index contributed by atoms with van der Waals surface area (Å²) in [5.74, 6) is -3.85. The molecule has 0 saturated heterocycles. The van der Waals surface area contributed by atoms with E-state index in [1.807, 2.05) is 77.9 Å². The molecule has 2 N–H and O–H groups in total. The number of carbonyl (C=O) groups excluding carboxylic acids is 3. The largest absolute Gasteiger partial charge is 0.490 e. The minimum atomic E-state index is -1.09. The summed E-state index contributed by atoms with van der Waals surface area (Å²) in [5, 5.41) is 19.9. The van der Waals surface area contributed by atoms with Gasteiger partial charge in [-0.05, 0) is 48.4 Å². The van der Waals surface area contributed by atoms with Gasteiger partial charge in [0.1, 0.15) is 44.0 Å². The van der Waals surface area contributed by atoms with Gasteiger partial charge < -0.3 is 33.9 Å². The van der Waals surface area contributed by atoms with E-state index in [1.165, 1.54) is 0 Å². The summed E-state index contributed by atoms with van der Waals surface area (Å²) < 4.78 is 28.0. The van der Waals surface area contributed by atoms with Gasteiger partial charge in [0.2, 0.25) is 0 Å². The summed E-state index contributed by atoms with van der Waals surface area (Å²) in [6.45, 7) is 17.7. The van der Waals surface area contributed by atoms with Crippen LogP contribution in [-0.4, -0.2) is 72.7 Å². The smallest absolute Gasteiger partial charge is 0.330 e. The van der Waals surface area contributed by atoms with Crippen molar-refractivity contribution >= 4 is 23.9 Å². The lowest BCUT2D eigenvalue weighted by atomic mass is 9.83. The highest BCUT2D eigenvalue weighted by molar-refractivity contribution is 5.82. The van der Waals surface area contributed by atoms with E-state index in [1.54, 1.807) is 12.2 Å². The minimum Gasteiger partial charge on any atom is -0.490 e. The first-order valence-electron chi connectivity index (χ1n) is 17.4. The van der Waals surface area contributed by atoms with Gasteiger partial charge in [-0.15, -0.1) is 0 Å². The SMILES string of the molecule is C=CC(=O)OCC(O)COc1c(CC)cccc1Cc1cccc(C)c1OCC(COC(=O)C=C)OC(=O)C1CC=CCC1C(=O)O.CC.CC. The molecule has 280 valence electrons. The molecule has 0 spiro atoms. The zero-order valence-corrected chi connectivity index (χ0v) is 30.7. The topological polar surface area (TPSA) is 155 Å². The number of aliphatic hydroxyl groups is 1. The number of aryl methyl sites for hydroxylation is 2. The van der Waals surface area contributed by atoms with Gasteiger partial charge in [-0.3, -0.25) is 9.59 Å². The highest BCUT2D eigenvalue weighted by atomic mass is 16.6. The summed E-state index contributed by atoms with van der Waals surface area (Å²) in [7, 11) is 0. The number of hydrogen-bond acceptors (Lipinski definition) is 10. The number of esters is 3. The molecule has 0 heterocycles. The van der Waals surface area contributed by atoms with Gasteiger partial charge in [0.25, 0.3) is 0 Å². The molecule has 0 saturated carbocycles. The van der Waals surface area contributed by atoms with Crippen molar-refractivity contribution in [2.45, 2.75) is 79.4 Å². The van der Waals surface area contributed by atoms with E-state index in [0.29, 0.717) is 24.3 Å². The summed E-state index contributed by atoms with van der Waals surface area (Å²) in [6.07, 6.45) is 4.87. The molecule has 1 aliphatic rings. The maximum Gasteiger partial charge on any atom is 0.330 e. The van der Waals surface area contributed by atoms with Crippen LogP contribution < -0.4 is 9.47 Å². The first-order valence-corrected chi connectivity index (χ1v) is 17.4. The number of hydrogen-bond donors (Lipinski definition) is 2. The predicted molar refractivity (Wildman–Crippen MR) is 195 cm³/mol. The molecule has 2 aromatic carbocycles. The summed E-state index contributed by atoms with van der Waals surface area (Å²) in [5.41, 5.74) is 3.33. The van der Waals surface area contributed by atoms with Crippen LogP contribution in [0.5, 0.6) is 11.5 Å². The normalized spacial score (nSPS) is 15.6. The molecule has 3 rings (SSSR count). The van der Waals surface area contributed by atoms with Crippen molar-refractivity contribution in [1.29, 1.82) is 0 Å². The Kier molecular flexibility index (Phi) is 21.0. The van der Waals surface area contributed by atoms with Gasteiger partial charge in [0, 0.05) is 18.6 Å². The van der Waals surface area contributed by atoms with Crippen LogP contribution in [0.1, 0.15) is 69.7 Å². The van der Waals surface area contributed by atoms with Gasteiger partial charge in [-0.2, -0.15) is 0 Å². The second-order valence-electron chi connectivity index (χ2n) is 11.0. The number of aliphatic carboxylic acids is 1. The molecule has 0 fully saturated rings. The fourth-order valence-electron chi connectivity index (χ4n) is 5.10. The third-order valence-corrected chi connectivity index (χ3v) is 7.56. The summed E-state index contributed by atoms with van der Waals surface area (Å²) >= 11 is 0. The Morgan fingerprint density at radius 1 is 0.784 bits per heavy atom. The number of benzene rings is 2. The summed E-state index contributed by atoms with van der Waals surface area (Å²) in [4.78, 5) is 48.1. The molecule has 0 aromatic heterocycles. The van der Waals surface area contributed by atoms with Crippen LogP contribution in [0, 0.1) is 18.8 Å². The Balaban J connectivity index is 0.00000313. The van der Waals surface area contributed by atoms with Crippen molar-refractivity contribution in [2.24, 2.45) is 11.8 Å². The molecule has 2 aromatic rings. The first-order chi connectivity index (χ1) is 24.6. The Bertz CT molecular complexity index is 1460. The van der Waals surface area contributed by atoms with E-state index < -0.39 is 47.9 Å². The van der Waals surface area contributed by atoms with Gasteiger partial charge >= 0.3 is 23.9 Å². The van der Waals surface area contributed by atoms with Gasteiger partial charge in [-0.25, -0.2) is 9.59 Å². The Morgan fingerprint density at radius 3 is 1.90 bits per heavy atom. The van der Waals surface area contributed by atoms with Crippen LogP contribution in [0.25, 0.3) is 0 Å². The van der Waals surface area contributed by atoms with E-state index in [9.17, 15) is 29.4 Å². The fourth-order valence-corrected chi connectivity index (χ4v) is 5.10. The number of aliphatic hydroxyl groups excluding tert-OH is 1. The highest BCUT2D eigenvalue weighted by Crippen LogP contribution is 2.32. The average molecular weight is 711 g/mol. The third-order valence-electron chi connectivity index (χ3n) is 7.56. The van der Waals surface area contributed by atoms with E-state index >= 15 is 0 Å². The van der Waals surface area contributed by atoms with Crippen LogP contribution in [0.15, 0.2) is 73.9 Å². The van der Waals surface area contributed by atoms with E-state index in [0.717, 1.165) is 34.4 Å². The van der Waals surface area contributed by atoms with Crippen LogP contribution in [0.3, 0.4) is 0 Å². The van der Waals surface area contributed by atoms with Crippen molar-refractivity contribution in [3.05, 3.63) is 96.1 Å². The highest BCUT2D eigenvalue weighted by Gasteiger charge is 2.36. The lowest BCUT2D eigenvalue weighted by Crippen LogP contribution is -2.37. The summed E-state index contributed by atoms with van der Waals surface area (Å²) in [6, 6.07) is 11.4. The molecule has 4 atom stereocenters. The number of ether oxygens (including phenoxy) is 5. The standard InChI is InChI=1S/C36H42O11.2C2H6/c1-5-24-13-11-15-26(34(24)45-20-27(37)19-43-31(38)6-2)18-25-14-10-12-23(4)33(25)46-22-28(21-44-32(39)7-3)47-36(42)30-17-9-8-16-29(30)35(40)41;2*1-2/h6-15,27-30,37H,2-3,5,16-22H2,1,4H3,(H,40,41);2*1-2H3. The molecule has 0 radical (unpaired) electrons. The Morgan fingerprint density at radius 2 is 1.31 bits per heavy atom. The molecule has 11 heteroatoms. The number of carboxylic acid groups (broad SMARTS) is 1. The van der Waals surface area contributed by atoms with E-state index in [2.05, 4.69) is 13.2 Å². The number of para-hydroxylation sites is 2. The van der Waals surface area contributed by atoms with E-state index in [-0.39, 0.29) is 39.3 Å². The Labute approximate surface area is 301 Å². The molecule has 11 nitrogen and oxygen atoms in total. The van der Waals surface area contributed by atoms with Crippen LogP contribution >= 0.6 is 0 Å². The maximum atomic E-state index is 13.1. The third kappa shape index (κ3) is 14.5. The molecule has 0 bridgehead atoms. The van der Waals surface area contributed by atoms with Crippen molar-refractivity contribution in [1.82, 2.24) is 0 Å². The van der Waals surface area contributed by atoms with Crippen molar-refractivity contribution in [3.8, 4) is 11.5 Å². The molecular formula is C40H54O11. The molecule has 0 amide bonds. The van der Waals surface area contributed by atoms with E-state index in [4.69, 9.17) is 23.7 Å². The monoisotopic (exact) mass is 710 g/mol. The lowest BCUT2D eigenvalue weighted by molar-refractivity contribution is -0.167. The van der Waals surface area contributed by atoms with Crippen molar-refractivity contribution < 1.29 is 53.1 Å². The second-order valence-corrected chi connectivity index (χ2v) is 11.0. The molecule has 51 heavy (non-hydrogen) atoms. The maximum absolute atomic E-state index is 13.1. The van der Waals surface area contributed by atoms with Gasteiger partial charge in [0.15, 0.2) is 6.10 Å². The zero-order valence-electron chi connectivity index (χ0n) is 30.7.